The molecule has 0 aliphatic heterocycles. The predicted molar refractivity (Wildman–Crippen MR) is 92.1 cm³/mol. The molecule has 0 fully saturated rings. The maximum atomic E-state index is 5.48. The molecule has 0 saturated carbocycles. The zero-order valence-electron chi connectivity index (χ0n) is 14.3. The molecule has 0 amide bonds. The van der Waals surface area contributed by atoms with Gasteiger partial charge in [0.1, 0.15) is 6.10 Å². The highest BCUT2D eigenvalue weighted by Crippen LogP contribution is 2.16. The molecule has 1 unspecified atom stereocenters. The van der Waals surface area contributed by atoms with Gasteiger partial charge < -0.3 is 16.3 Å². The Balaban J connectivity index is 3.78. The predicted octanol–water partition coefficient (Wildman–Crippen LogP) is 4.67. The standard InChI is InChI=1S/C17H37N3O/c1-3-5-7-9-11-13-15-16(21-20-17(18)19)14-12-10-8-6-4-2/h16H,3-15H2,1-2H3,(H4,18,19,20). The van der Waals surface area contributed by atoms with Crippen LogP contribution in [-0.2, 0) is 4.84 Å². The van der Waals surface area contributed by atoms with Gasteiger partial charge in [0.05, 0.1) is 0 Å². The number of nitrogens with two attached hydrogens (primary N) is 2. The molecule has 0 saturated heterocycles. The minimum atomic E-state index is 0.0222. The van der Waals surface area contributed by atoms with Crippen LogP contribution in [0.3, 0.4) is 0 Å². The molecule has 4 heteroatoms. The number of nitrogens with zero attached hydrogens (tertiary/aromatic N) is 1. The fraction of sp³-hybridized carbons (Fsp3) is 0.941. The molecule has 4 N–H and O–H groups in total. The van der Waals surface area contributed by atoms with E-state index in [9.17, 15) is 0 Å². The fourth-order valence-electron chi connectivity index (χ4n) is 2.51. The highest BCUT2D eigenvalue weighted by Gasteiger charge is 2.09. The van der Waals surface area contributed by atoms with Crippen molar-refractivity contribution >= 4 is 5.96 Å². The van der Waals surface area contributed by atoms with E-state index in [0.29, 0.717) is 0 Å². The zero-order chi connectivity index (χ0) is 15.8. The van der Waals surface area contributed by atoms with Crippen molar-refractivity contribution in [2.75, 3.05) is 0 Å². The van der Waals surface area contributed by atoms with Crippen molar-refractivity contribution in [1.82, 2.24) is 0 Å². The lowest BCUT2D eigenvalue weighted by molar-refractivity contribution is 0.0425. The van der Waals surface area contributed by atoms with E-state index in [-0.39, 0.29) is 12.1 Å². The molecule has 1 atom stereocenters. The number of unbranched alkanes of at least 4 members (excludes halogenated alkanes) is 9. The van der Waals surface area contributed by atoms with E-state index in [0.717, 1.165) is 12.8 Å². The molecule has 0 rings (SSSR count). The minimum Gasteiger partial charge on any atom is -0.390 e. The van der Waals surface area contributed by atoms with Gasteiger partial charge in [-0.05, 0) is 30.8 Å². The molecule has 0 aromatic carbocycles. The van der Waals surface area contributed by atoms with Gasteiger partial charge >= 0.3 is 0 Å². The molecule has 0 aliphatic rings. The normalized spacial score (nSPS) is 12.1. The van der Waals surface area contributed by atoms with E-state index in [1.54, 1.807) is 0 Å². The van der Waals surface area contributed by atoms with Crippen molar-refractivity contribution in [2.45, 2.75) is 103 Å². The van der Waals surface area contributed by atoms with E-state index < -0.39 is 0 Å². The van der Waals surface area contributed by atoms with Crippen LogP contribution in [0.4, 0.5) is 0 Å². The Labute approximate surface area is 131 Å². The summed E-state index contributed by atoms with van der Waals surface area (Å²) in [5.74, 6) is 0.0222. The first-order chi connectivity index (χ1) is 10.2. The van der Waals surface area contributed by atoms with E-state index in [1.807, 2.05) is 0 Å². The Bertz CT molecular complexity index is 240. The molecule has 0 aliphatic carbocycles. The highest BCUT2D eigenvalue weighted by atomic mass is 16.6. The number of oxime groups is 1. The van der Waals surface area contributed by atoms with Gasteiger partial charge in [0.25, 0.3) is 0 Å². The molecule has 0 spiro atoms. The van der Waals surface area contributed by atoms with Crippen LogP contribution >= 0.6 is 0 Å². The lowest BCUT2D eigenvalue weighted by atomic mass is 10.0. The first kappa shape index (κ1) is 20.1. The molecule has 21 heavy (non-hydrogen) atoms. The van der Waals surface area contributed by atoms with Crippen LogP contribution in [0, 0.1) is 0 Å². The molecule has 0 aromatic rings. The van der Waals surface area contributed by atoms with E-state index in [2.05, 4.69) is 19.0 Å². The Hall–Kier alpha value is -0.930. The fourth-order valence-corrected chi connectivity index (χ4v) is 2.51. The van der Waals surface area contributed by atoms with Gasteiger partial charge in [0, 0.05) is 0 Å². The average Bonchev–Trinajstić information content (AvgIpc) is 2.47. The third kappa shape index (κ3) is 15.3. The van der Waals surface area contributed by atoms with Gasteiger partial charge in [0.15, 0.2) is 0 Å². The van der Waals surface area contributed by atoms with E-state index in [1.165, 1.54) is 70.6 Å². The van der Waals surface area contributed by atoms with Crippen molar-refractivity contribution in [3.63, 3.8) is 0 Å². The van der Waals surface area contributed by atoms with Crippen LogP contribution in [0.2, 0.25) is 0 Å². The first-order valence-corrected chi connectivity index (χ1v) is 8.95. The summed E-state index contributed by atoms with van der Waals surface area (Å²) >= 11 is 0. The van der Waals surface area contributed by atoms with Crippen LogP contribution in [0.25, 0.3) is 0 Å². The lowest BCUT2D eigenvalue weighted by Crippen LogP contribution is -2.24. The molecule has 0 heterocycles. The lowest BCUT2D eigenvalue weighted by Gasteiger charge is -2.15. The Morgan fingerprint density at radius 2 is 1.19 bits per heavy atom. The highest BCUT2D eigenvalue weighted by molar-refractivity contribution is 5.74. The molecule has 0 radical (unpaired) electrons. The van der Waals surface area contributed by atoms with Crippen molar-refractivity contribution in [2.24, 2.45) is 16.6 Å². The number of rotatable bonds is 15. The van der Waals surface area contributed by atoms with Crippen LogP contribution in [-0.4, -0.2) is 12.1 Å². The summed E-state index contributed by atoms with van der Waals surface area (Å²) in [6, 6.07) is 0. The summed E-state index contributed by atoms with van der Waals surface area (Å²) in [4.78, 5) is 5.48. The number of hydrogen-bond donors (Lipinski definition) is 2. The molecule has 126 valence electrons. The van der Waals surface area contributed by atoms with Crippen LogP contribution in [0.5, 0.6) is 0 Å². The summed E-state index contributed by atoms with van der Waals surface area (Å²) in [5, 5.41) is 3.74. The SMILES string of the molecule is CCCCCCCCC(CCCCCCC)ON=C(N)N. The summed E-state index contributed by atoms with van der Waals surface area (Å²) in [6.45, 7) is 4.49. The van der Waals surface area contributed by atoms with Crippen molar-refractivity contribution in [3.8, 4) is 0 Å². The Morgan fingerprint density at radius 1 is 0.762 bits per heavy atom. The quantitative estimate of drug-likeness (QED) is 0.200. The number of hydrogen-bond acceptors (Lipinski definition) is 2. The van der Waals surface area contributed by atoms with Crippen LogP contribution in [0.15, 0.2) is 5.16 Å². The van der Waals surface area contributed by atoms with E-state index >= 15 is 0 Å². The maximum absolute atomic E-state index is 5.48. The number of guanidine groups is 1. The summed E-state index contributed by atoms with van der Waals surface area (Å²) in [6.07, 6.45) is 16.6. The summed E-state index contributed by atoms with van der Waals surface area (Å²) < 4.78 is 0. The van der Waals surface area contributed by atoms with Gasteiger partial charge in [-0.15, -0.1) is 0 Å². The second kappa shape index (κ2) is 15.5. The van der Waals surface area contributed by atoms with Crippen LogP contribution in [0.1, 0.15) is 97.3 Å². The largest absolute Gasteiger partial charge is 0.390 e. The van der Waals surface area contributed by atoms with Gasteiger partial charge in [-0.1, -0.05) is 71.6 Å². The first-order valence-electron chi connectivity index (χ1n) is 8.95. The molecule has 4 nitrogen and oxygen atoms in total. The van der Waals surface area contributed by atoms with Crippen molar-refractivity contribution < 1.29 is 4.84 Å². The average molecular weight is 300 g/mol. The van der Waals surface area contributed by atoms with Gasteiger partial charge in [0.2, 0.25) is 5.96 Å². The summed E-state index contributed by atoms with van der Waals surface area (Å²) in [7, 11) is 0. The van der Waals surface area contributed by atoms with Gasteiger partial charge in [-0.2, -0.15) is 0 Å². The van der Waals surface area contributed by atoms with Crippen LogP contribution < -0.4 is 11.5 Å². The molecular weight excluding hydrogens is 262 g/mol. The monoisotopic (exact) mass is 299 g/mol. The Morgan fingerprint density at radius 3 is 1.62 bits per heavy atom. The smallest absolute Gasteiger partial charge is 0.228 e. The maximum Gasteiger partial charge on any atom is 0.228 e. The second-order valence-electron chi connectivity index (χ2n) is 6.00. The van der Waals surface area contributed by atoms with Crippen molar-refractivity contribution in [3.05, 3.63) is 0 Å². The van der Waals surface area contributed by atoms with Gasteiger partial charge in [-0.25, -0.2) is 0 Å². The Kier molecular flexibility index (Phi) is 14.8. The summed E-state index contributed by atoms with van der Waals surface area (Å²) in [5.41, 5.74) is 10.7. The molecule has 0 aromatic heterocycles. The third-order valence-corrected chi connectivity index (χ3v) is 3.82. The zero-order valence-corrected chi connectivity index (χ0v) is 14.3. The topological polar surface area (TPSA) is 73.6 Å². The molecule has 0 bridgehead atoms. The third-order valence-electron chi connectivity index (χ3n) is 3.82. The molecular formula is C17H37N3O. The van der Waals surface area contributed by atoms with Crippen molar-refractivity contribution in [1.29, 1.82) is 0 Å². The van der Waals surface area contributed by atoms with E-state index in [4.69, 9.17) is 16.3 Å². The second-order valence-corrected chi connectivity index (χ2v) is 6.00. The van der Waals surface area contributed by atoms with Gasteiger partial charge in [-0.3, -0.25) is 0 Å². The minimum absolute atomic E-state index is 0.0222.